The third-order valence-corrected chi connectivity index (χ3v) is 6.17. The normalized spacial score (nSPS) is 15.9. The van der Waals surface area contributed by atoms with E-state index in [-0.39, 0.29) is 0 Å². The van der Waals surface area contributed by atoms with E-state index in [0.717, 1.165) is 5.69 Å². The maximum absolute atomic E-state index is 4.77. The van der Waals surface area contributed by atoms with Gasteiger partial charge in [0.15, 0.2) is 0 Å². The van der Waals surface area contributed by atoms with E-state index in [1.807, 2.05) is 11.2 Å². The van der Waals surface area contributed by atoms with Gasteiger partial charge < -0.3 is 4.90 Å². The van der Waals surface area contributed by atoms with Gasteiger partial charge in [-0.1, -0.05) is 12.1 Å². The molecule has 0 fully saturated rings. The van der Waals surface area contributed by atoms with E-state index in [1.54, 1.807) is 0 Å². The molecule has 0 saturated carbocycles. The van der Waals surface area contributed by atoms with Gasteiger partial charge in [-0.25, -0.2) is 0 Å². The Labute approximate surface area is 166 Å². The molecule has 0 aliphatic carbocycles. The molecule has 0 saturated heterocycles. The Morgan fingerprint density at radius 3 is 2.46 bits per heavy atom. The van der Waals surface area contributed by atoms with Gasteiger partial charge in [0.1, 0.15) is 13.3 Å². The summed E-state index contributed by atoms with van der Waals surface area (Å²) in [5.74, 6) is 0. The molecule has 0 bridgehead atoms. The van der Waals surface area contributed by atoms with E-state index in [4.69, 9.17) is 5.10 Å². The molecule has 1 aromatic heterocycles. The van der Waals surface area contributed by atoms with Crippen LogP contribution in [0.4, 0.5) is 11.4 Å². The second kappa shape index (κ2) is 6.93. The molecule has 0 unspecified atom stereocenters. The number of hydrazone groups is 1. The number of benzene rings is 2. The third kappa shape index (κ3) is 2.93. The van der Waals surface area contributed by atoms with Crippen molar-refractivity contribution in [1.29, 1.82) is 0 Å². The van der Waals surface area contributed by atoms with Crippen molar-refractivity contribution in [2.24, 2.45) is 12.1 Å². The van der Waals surface area contributed by atoms with Gasteiger partial charge in [0.2, 0.25) is 11.2 Å². The van der Waals surface area contributed by atoms with Gasteiger partial charge >= 0.3 is 0 Å². The fourth-order valence-corrected chi connectivity index (χ4v) is 4.67. The minimum absolute atomic E-state index is 1.09. The standard InChI is InChI=1S/C24H27N4/c1-26-21(12-11-18-7-3-4-10-23(18)26)17-25-27(2)22-15-19-8-5-13-28-14-6-9-20(16-22)24(19)28/h3-4,7,10-12,15-17H,5-6,8-9,13-14H2,1-2H3/q+1. The number of nitrogens with zero attached hydrogens (tertiary/aromatic N) is 4. The number of anilines is 2. The van der Waals surface area contributed by atoms with Crippen LogP contribution in [0.1, 0.15) is 29.7 Å². The highest BCUT2D eigenvalue weighted by atomic mass is 15.4. The molecule has 0 atom stereocenters. The molecule has 0 amide bonds. The van der Waals surface area contributed by atoms with Gasteiger partial charge in [-0.2, -0.15) is 9.67 Å². The van der Waals surface area contributed by atoms with E-state index < -0.39 is 0 Å². The fourth-order valence-electron chi connectivity index (χ4n) is 4.67. The predicted molar refractivity (Wildman–Crippen MR) is 116 cm³/mol. The number of hydrogen-bond donors (Lipinski definition) is 0. The molecular weight excluding hydrogens is 344 g/mol. The number of rotatable bonds is 3. The van der Waals surface area contributed by atoms with Gasteiger partial charge in [0, 0.05) is 43.3 Å². The highest BCUT2D eigenvalue weighted by Crippen LogP contribution is 2.38. The van der Waals surface area contributed by atoms with Gasteiger partial charge in [-0.15, -0.1) is 0 Å². The second-order valence-corrected chi connectivity index (χ2v) is 7.95. The second-order valence-electron chi connectivity index (χ2n) is 7.95. The molecule has 5 rings (SSSR count). The average Bonchev–Trinajstić information content (AvgIpc) is 2.73. The summed E-state index contributed by atoms with van der Waals surface area (Å²) in [4.78, 5) is 2.58. The highest BCUT2D eigenvalue weighted by molar-refractivity contribution is 5.81. The smallest absolute Gasteiger partial charge is 0.225 e. The summed E-state index contributed by atoms with van der Waals surface area (Å²) in [5, 5.41) is 8.03. The van der Waals surface area contributed by atoms with Crippen molar-refractivity contribution in [2.75, 3.05) is 30.0 Å². The van der Waals surface area contributed by atoms with Crippen molar-refractivity contribution in [3.05, 3.63) is 65.4 Å². The first kappa shape index (κ1) is 17.2. The number of para-hydroxylation sites is 1. The summed E-state index contributed by atoms with van der Waals surface area (Å²) < 4.78 is 2.20. The lowest BCUT2D eigenvalue weighted by molar-refractivity contribution is -0.645. The Bertz CT molecular complexity index is 1040. The number of aromatic nitrogens is 1. The first-order valence-electron chi connectivity index (χ1n) is 10.3. The van der Waals surface area contributed by atoms with Gasteiger partial charge in [-0.3, -0.25) is 5.01 Å². The van der Waals surface area contributed by atoms with Gasteiger partial charge in [0.25, 0.3) is 0 Å². The summed E-state index contributed by atoms with van der Waals surface area (Å²) in [5.41, 5.74) is 8.01. The highest BCUT2D eigenvalue weighted by Gasteiger charge is 2.24. The maximum atomic E-state index is 4.77. The molecule has 4 nitrogen and oxygen atoms in total. The number of hydrogen-bond acceptors (Lipinski definition) is 3. The van der Waals surface area contributed by atoms with Crippen LogP contribution in [0.5, 0.6) is 0 Å². The Balaban J connectivity index is 1.46. The topological polar surface area (TPSA) is 22.7 Å². The molecule has 28 heavy (non-hydrogen) atoms. The average molecular weight is 372 g/mol. The van der Waals surface area contributed by atoms with Crippen LogP contribution in [0.3, 0.4) is 0 Å². The minimum Gasteiger partial charge on any atom is -0.371 e. The lowest BCUT2D eigenvalue weighted by atomic mass is 9.91. The largest absolute Gasteiger partial charge is 0.371 e. The van der Waals surface area contributed by atoms with Crippen molar-refractivity contribution in [3.63, 3.8) is 0 Å². The first-order valence-corrected chi connectivity index (χ1v) is 10.3. The van der Waals surface area contributed by atoms with Crippen molar-refractivity contribution < 1.29 is 4.57 Å². The summed E-state index contributed by atoms with van der Waals surface area (Å²) in [6, 6.07) is 17.4. The zero-order valence-electron chi connectivity index (χ0n) is 16.7. The van der Waals surface area contributed by atoms with Crippen molar-refractivity contribution >= 4 is 28.5 Å². The molecule has 2 aliphatic heterocycles. The van der Waals surface area contributed by atoms with Crippen molar-refractivity contribution in [2.45, 2.75) is 25.7 Å². The Hall–Kier alpha value is -2.88. The molecule has 0 N–H and O–H groups in total. The fraction of sp³-hybridized carbons (Fsp3) is 0.333. The van der Waals surface area contributed by atoms with E-state index in [9.17, 15) is 0 Å². The maximum Gasteiger partial charge on any atom is 0.225 e. The van der Waals surface area contributed by atoms with Crippen molar-refractivity contribution in [1.82, 2.24) is 0 Å². The SMILES string of the molecule is CN(/N=C/c1ccc2ccccc2[n+]1C)c1cc2c3c(c1)CCCN3CCC2. The lowest BCUT2D eigenvalue weighted by Crippen LogP contribution is -2.35. The van der Waals surface area contributed by atoms with Crippen LogP contribution in [0.25, 0.3) is 10.9 Å². The molecular formula is C24H27N4+. The third-order valence-electron chi connectivity index (χ3n) is 6.17. The molecule has 2 aromatic carbocycles. The molecule has 3 heterocycles. The van der Waals surface area contributed by atoms with Crippen LogP contribution < -0.4 is 14.5 Å². The zero-order valence-corrected chi connectivity index (χ0v) is 16.7. The number of pyridine rings is 1. The van der Waals surface area contributed by atoms with Crippen molar-refractivity contribution in [3.8, 4) is 0 Å². The van der Waals surface area contributed by atoms with E-state index in [2.05, 4.69) is 72.1 Å². The van der Waals surface area contributed by atoms with Gasteiger partial charge in [0.05, 0.1) is 5.69 Å². The summed E-state index contributed by atoms with van der Waals surface area (Å²) in [7, 11) is 4.15. The van der Waals surface area contributed by atoms with Crippen LogP contribution in [-0.2, 0) is 19.9 Å². The predicted octanol–water partition coefficient (Wildman–Crippen LogP) is 3.83. The van der Waals surface area contributed by atoms with E-state index in [1.165, 1.54) is 72.2 Å². The van der Waals surface area contributed by atoms with Crippen LogP contribution in [0, 0.1) is 0 Å². The van der Waals surface area contributed by atoms with Gasteiger partial charge in [-0.05, 0) is 61.1 Å². The molecule has 4 heteroatoms. The van der Waals surface area contributed by atoms with E-state index >= 15 is 0 Å². The minimum atomic E-state index is 1.09. The molecule has 2 aliphatic rings. The van der Waals surface area contributed by atoms with Crippen LogP contribution in [0.2, 0.25) is 0 Å². The quantitative estimate of drug-likeness (QED) is 0.397. The molecule has 3 aromatic rings. The summed E-state index contributed by atoms with van der Waals surface area (Å²) >= 11 is 0. The van der Waals surface area contributed by atoms with E-state index in [0.29, 0.717) is 0 Å². The number of aryl methyl sites for hydroxylation is 3. The van der Waals surface area contributed by atoms with Crippen LogP contribution in [-0.4, -0.2) is 26.4 Å². The Morgan fingerprint density at radius 1 is 1.00 bits per heavy atom. The van der Waals surface area contributed by atoms with Crippen LogP contribution in [0.15, 0.2) is 53.6 Å². The first-order chi connectivity index (χ1) is 13.7. The molecule has 0 spiro atoms. The molecule has 142 valence electrons. The molecule has 0 radical (unpaired) electrons. The monoisotopic (exact) mass is 371 g/mol. The summed E-state index contributed by atoms with van der Waals surface area (Å²) in [6.07, 6.45) is 6.85. The summed E-state index contributed by atoms with van der Waals surface area (Å²) in [6.45, 7) is 2.43. The lowest BCUT2D eigenvalue weighted by Gasteiger charge is -2.37. The number of fused-ring (bicyclic) bond motifs is 1. The Kier molecular flexibility index (Phi) is 4.27. The van der Waals surface area contributed by atoms with Crippen LogP contribution >= 0.6 is 0 Å². The Morgan fingerprint density at radius 2 is 1.71 bits per heavy atom. The zero-order chi connectivity index (χ0) is 19.1.